The van der Waals surface area contributed by atoms with Crippen LogP contribution in [0.25, 0.3) is 11.2 Å². The zero-order valence-electron chi connectivity index (χ0n) is 42.8. The first-order chi connectivity index (χ1) is 36.9. The smallest absolute Gasteiger partial charge is 0.410 e. The van der Waals surface area contributed by atoms with E-state index in [-0.39, 0.29) is 61.6 Å². The minimum atomic E-state index is -3.79. The number of aromatic nitrogens is 4. The lowest BCUT2D eigenvalue weighted by atomic mass is 10.0. The molecule has 0 radical (unpaired) electrons. The van der Waals surface area contributed by atoms with Crippen LogP contribution in [0.5, 0.6) is 0 Å². The van der Waals surface area contributed by atoms with Gasteiger partial charge in [0.2, 0.25) is 23.7 Å². The number of hydrogen-bond donors (Lipinski definition) is 8. The summed E-state index contributed by atoms with van der Waals surface area (Å²) in [6, 6.07) is 10.9. The van der Waals surface area contributed by atoms with E-state index in [1.807, 2.05) is 0 Å². The molecule has 2 unspecified atom stereocenters. The number of thiol groups is 1. The second kappa shape index (κ2) is 31.0. The molecule has 8 N–H and O–H groups in total. The maximum absolute atomic E-state index is 13.7. The quantitative estimate of drug-likeness (QED) is 0.0197. The van der Waals surface area contributed by atoms with Gasteiger partial charge in [-0.1, -0.05) is 56.4 Å². The van der Waals surface area contributed by atoms with Crippen LogP contribution < -0.4 is 32.6 Å². The maximum Gasteiger partial charge on any atom is 0.410 e. The van der Waals surface area contributed by atoms with Crippen molar-refractivity contribution in [1.29, 1.82) is 0 Å². The fourth-order valence-electron chi connectivity index (χ4n) is 7.23. The molecule has 0 aliphatic carbocycles. The number of carbonyl (C=O) groups excluding carboxylic acids is 5. The lowest BCUT2D eigenvalue weighted by molar-refractivity contribution is -0.133. The Morgan fingerprint density at radius 3 is 2.26 bits per heavy atom. The second-order valence-corrected chi connectivity index (χ2v) is 20.7. The Labute approximate surface area is 449 Å². The number of anilines is 2. The predicted molar refractivity (Wildman–Crippen MR) is 278 cm³/mol. The van der Waals surface area contributed by atoms with Crippen LogP contribution in [0.2, 0.25) is 0 Å². The number of amides is 5. The standard InChI is InChI=1S/C46H64N10O18P2S/c1-27(2)35(51-34(57)25-70-21-20-69-19-18-68-17-16-67-15-14-47)42(61)49-28(3)40(59)50-31-12-10-29(11-13-31)23-71-46(63)55(4)22-30-8-6-7-9-32(30)41(60)53-45-52-39-36(43(62)54-45)48-26-56(39)44-38(74-75-64)37(58)33(73-44)24-72-76(65,77)66-5/h6-13,26-28,33,35,37-38,44,58H,14-25,47H2,1-5H3,(H,49,61)(H,50,59)(H,51,57)(H,65,77)(H2,52,53,54,60,62)/t28-,33+,35?,37+,38+,44+,76?/m0/s1. The van der Waals surface area contributed by atoms with E-state index in [1.54, 1.807) is 56.3 Å². The molecule has 4 aromatic rings. The summed E-state index contributed by atoms with van der Waals surface area (Å²) in [5.41, 5.74) is 5.78. The van der Waals surface area contributed by atoms with Gasteiger partial charge in [0.25, 0.3) is 11.5 Å². The van der Waals surface area contributed by atoms with E-state index >= 15 is 0 Å². The van der Waals surface area contributed by atoms with E-state index in [9.17, 15) is 43.0 Å². The van der Waals surface area contributed by atoms with Gasteiger partial charge in [0.15, 0.2) is 17.4 Å². The van der Waals surface area contributed by atoms with Crippen molar-refractivity contribution in [2.24, 2.45) is 11.7 Å². The van der Waals surface area contributed by atoms with Crippen molar-refractivity contribution in [2.45, 2.75) is 70.5 Å². The molecule has 7 atom stereocenters. The number of benzene rings is 2. The summed E-state index contributed by atoms with van der Waals surface area (Å²) in [6.45, 7) is 3.08. The van der Waals surface area contributed by atoms with E-state index in [4.69, 9.17) is 47.7 Å². The van der Waals surface area contributed by atoms with Gasteiger partial charge in [0.05, 0.1) is 59.2 Å². The summed E-state index contributed by atoms with van der Waals surface area (Å²) in [7, 11) is 1.76. The Bertz CT molecular complexity index is 2720. The second-order valence-electron chi connectivity index (χ2n) is 17.3. The highest BCUT2D eigenvalue weighted by atomic mass is 32.7. The Kier molecular flexibility index (Phi) is 25.0. The van der Waals surface area contributed by atoms with Gasteiger partial charge in [-0.25, -0.2) is 18.9 Å². The molecule has 1 aliphatic heterocycles. The topological polar surface area (TPSA) is 364 Å². The number of aromatic amines is 1. The van der Waals surface area contributed by atoms with Crippen molar-refractivity contribution in [3.8, 4) is 0 Å². The van der Waals surface area contributed by atoms with Gasteiger partial charge in [-0.2, -0.15) is 4.98 Å². The maximum atomic E-state index is 13.7. The average molecular weight is 1140 g/mol. The third-order valence-corrected chi connectivity index (χ3v) is 13.3. The largest absolute Gasteiger partial charge is 0.445 e. The third-order valence-electron chi connectivity index (χ3n) is 11.2. The summed E-state index contributed by atoms with van der Waals surface area (Å²) in [5.74, 6) is -2.94. The molecule has 28 nitrogen and oxygen atoms in total. The van der Waals surface area contributed by atoms with Crippen LogP contribution in [0, 0.1) is 5.92 Å². The monoisotopic (exact) mass is 1140 g/mol. The van der Waals surface area contributed by atoms with Crippen molar-refractivity contribution < 1.29 is 80.2 Å². The molecule has 31 heteroatoms. The number of nitrogens with two attached hydrogens (primary N) is 1. The Morgan fingerprint density at radius 2 is 1.61 bits per heavy atom. The summed E-state index contributed by atoms with van der Waals surface area (Å²) in [6.07, 6.45) is -4.87. The molecule has 2 aromatic carbocycles. The van der Waals surface area contributed by atoms with E-state index in [0.717, 1.165) is 7.11 Å². The summed E-state index contributed by atoms with van der Waals surface area (Å²) < 4.78 is 72.7. The number of ether oxygens (including phenoxy) is 6. The van der Waals surface area contributed by atoms with Crippen LogP contribution in [0.4, 0.5) is 16.4 Å². The molecule has 2 aromatic heterocycles. The lowest BCUT2D eigenvalue weighted by Gasteiger charge is -2.24. The summed E-state index contributed by atoms with van der Waals surface area (Å²) >= 11 is 3.80. The van der Waals surface area contributed by atoms with E-state index in [1.165, 1.54) is 35.8 Å². The first-order valence-corrected chi connectivity index (χ1v) is 27.4. The number of H-pyrrole nitrogens is 1. The summed E-state index contributed by atoms with van der Waals surface area (Å²) in [5, 5.41) is 21.5. The van der Waals surface area contributed by atoms with E-state index < -0.39 is 94.0 Å². The SMILES string of the molecule is COP(=O)(S)OC[C@H]1O[C@@H](n2cnc3c(=O)[nH]c(NC(=O)c4ccccc4CN(C)C(=O)OCc4ccc(NC(=O)[C@H](C)NC(=O)C(NC(=O)COCCOCCOCCOCCN)C(C)C)cc4)nc32)[C@H](OP=O)[C@@H]1O. The summed E-state index contributed by atoms with van der Waals surface area (Å²) in [4.78, 5) is 91.0. The van der Waals surface area contributed by atoms with Crippen molar-refractivity contribution in [1.82, 2.24) is 35.1 Å². The number of nitrogens with one attached hydrogen (secondary N) is 5. The van der Waals surface area contributed by atoms with Crippen molar-refractivity contribution in [3.05, 3.63) is 81.9 Å². The van der Waals surface area contributed by atoms with Gasteiger partial charge in [-0.3, -0.25) is 47.9 Å². The van der Waals surface area contributed by atoms with Crippen molar-refractivity contribution in [3.63, 3.8) is 0 Å². The number of aliphatic hydroxyl groups excluding tert-OH is 1. The van der Waals surface area contributed by atoms with Gasteiger partial charge in [-0.05, 0) is 42.2 Å². The third kappa shape index (κ3) is 19.0. The predicted octanol–water partition coefficient (Wildman–Crippen LogP) is 2.30. The highest BCUT2D eigenvalue weighted by Crippen LogP contribution is 2.52. The van der Waals surface area contributed by atoms with Crippen molar-refractivity contribution in [2.75, 3.05) is 90.8 Å². The number of aliphatic hydroxyl groups is 1. The minimum absolute atomic E-state index is 0.0856. The molecule has 0 bridgehead atoms. The number of rotatable bonds is 32. The molecule has 1 fully saturated rings. The van der Waals surface area contributed by atoms with E-state index in [2.05, 4.69) is 48.5 Å². The van der Waals surface area contributed by atoms with Gasteiger partial charge < -0.3 is 64.6 Å². The van der Waals surface area contributed by atoms with Gasteiger partial charge >= 0.3 is 21.6 Å². The fourth-order valence-corrected chi connectivity index (χ4v) is 8.20. The van der Waals surface area contributed by atoms with Crippen LogP contribution in [0.15, 0.2) is 59.7 Å². The minimum Gasteiger partial charge on any atom is -0.445 e. The Morgan fingerprint density at radius 1 is 0.948 bits per heavy atom. The number of carbonyl (C=O) groups is 5. The molecule has 1 aliphatic rings. The molecule has 0 saturated carbocycles. The molecule has 5 amide bonds. The number of fused-ring (bicyclic) bond motifs is 1. The highest BCUT2D eigenvalue weighted by Gasteiger charge is 2.47. The van der Waals surface area contributed by atoms with Gasteiger partial charge in [-0.15, -0.1) is 0 Å². The zero-order valence-corrected chi connectivity index (χ0v) is 45.5. The van der Waals surface area contributed by atoms with Gasteiger partial charge in [0, 0.05) is 38.5 Å². The average Bonchev–Trinajstić information content (AvgIpc) is 3.99. The van der Waals surface area contributed by atoms with E-state index in [0.29, 0.717) is 56.4 Å². The first-order valence-electron chi connectivity index (χ1n) is 24.0. The van der Waals surface area contributed by atoms with Crippen LogP contribution in [-0.4, -0.2) is 170 Å². The number of hydrogen-bond acceptors (Lipinski definition) is 21. The van der Waals surface area contributed by atoms with Gasteiger partial charge in [0.1, 0.15) is 43.6 Å². The molecule has 3 heterocycles. The van der Waals surface area contributed by atoms with Crippen molar-refractivity contribution >= 4 is 80.3 Å². The first kappa shape index (κ1) is 62.1. The zero-order chi connectivity index (χ0) is 56.1. The Hall–Kier alpha value is -5.78. The molecule has 77 heavy (non-hydrogen) atoms. The molecular formula is C46H64N10O18P2S. The van der Waals surface area contributed by atoms with Crippen LogP contribution >= 0.6 is 27.7 Å². The fraction of sp³-hybridized carbons (Fsp3) is 0.522. The molecule has 5 rings (SSSR count). The van der Waals surface area contributed by atoms with Crippen LogP contribution in [0.3, 0.4) is 0 Å². The van der Waals surface area contributed by atoms with Crippen LogP contribution in [-0.2, 0) is 78.7 Å². The molecule has 422 valence electrons. The number of imidazole rings is 1. The molecule has 1 saturated heterocycles. The lowest BCUT2D eigenvalue weighted by Crippen LogP contribution is -2.54. The number of nitrogens with zero attached hydrogens (tertiary/aromatic N) is 4. The highest BCUT2D eigenvalue weighted by molar-refractivity contribution is 8.44. The molecule has 0 spiro atoms. The molecular weight excluding hydrogens is 1070 g/mol. The normalized spacial score (nSPS) is 17.9. The Balaban J connectivity index is 1.07. The van der Waals surface area contributed by atoms with Crippen LogP contribution in [0.1, 0.15) is 48.5 Å².